The first-order chi connectivity index (χ1) is 14.6. The number of ketones is 1. The highest BCUT2D eigenvalue weighted by atomic mass is 16.5. The van der Waals surface area contributed by atoms with Gasteiger partial charge in [-0.15, -0.1) is 0 Å². The Kier molecular flexibility index (Phi) is 10.5. The molecule has 5 nitrogen and oxygen atoms in total. The molecule has 0 amide bonds. The molecule has 0 aliphatic carbocycles. The van der Waals surface area contributed by atoms with Gasteiger partial charge in [0.25, 0.3) is 0 Å². The molecule has 0 saturated heterocycles. The molecule has 0 N–H and O–H groups in total. The zero-order chi connectivity index (χ0) is 21.6. The molecule has 2 rings (SSSR count). The van der Waals surface area contributed by atoms with Crippen LogP contribution in [-0.4, -0.2) is 18.4 Å². The maximum atomic E-state index is 12.1. The molecule has 0 radical (unpaired) electrons. The van der Waals surface area contributed by atoms with E-state index < -0.39 is 0 Å². The summed E-state index contributed by atoms with van der Waals surface area (Å²) >= 11 is 0. The van der Waals surface area contributed by atoms with Crippen molar-refractivity contribution in [2.75, 3.05) is 6.61 Å². The van der Waals surface area contributed by atoms with Crippen molar-refractivity contribution in [3.63, 3.8) is 0 Å². The number of unbranched alkanes of at least 4 members (excludes halogenated alkanes) is 6. The van der Waals surface area contributed by atoms with Crippen molar-refractivity contribution in [2.45, 2.75) is 65.2 Å². The van der Waals surface area contributed by atoms with Crippen LogP contribution in [0.15, 0.2) is 58.8 Å². The number of carbonyl (C=O) groups excluding carboxylic acids is 2. The minimum Gasteiger partial charge on any atom is -0.462 e. The van der Waals surface area contributed by atoms with Gasteiger partial charge in [-0.2, -0.15) is 10.2 Å². The molecule has 30 heavy (non-hydrogen) atoms. The molecule has 0 atom stereocenters. The SMILES string of the molecule is CCCCCCCCCOC(=O)c1ccc(N=Nc2ccc(C(=O)CC)cc2)cc1. The van der Waals surface area contributed by atoms with Crippen molar-refractivity contribution in [1.82, 2.24) is 0 Å². The highest BCUT2D eigenvalue weighted by molar-refractivity contribution is 5.96. The van der Waals surface area contributed by atoms with Crippen molar-refractivity contribution in [2.24, 2.45) is 10.2 Å². The van der Waals surface area contributed by atoms with E-state index in [1.807, 2.05) is 6.92 Å². The van der Waals surface area contributed by atoms with Gasteiger partial charge in [0, 0.05) is 12.0 Å². The molecule has 0 unspecified atom stereocenters. The lowest BCUT2D eigenvalue weighted by atomic mass is 10.1. The van der Waals surface area contributed by atoms with Gasteiger partial charge in [0.05, 0.1) is 23.5 Å². The normalized spacial score (nSPS) is 11.0. The Balaban J connectivity index is 1.75. The van der Waals surface area contributed by atoms with Gasteiger partial charge in [0.1, 0.15) is 0 Å². The van der Waals surface area contributed by atoms with Crippen LogP contribution in [0.3, 0.4) is 0 Å². The van der Waals surface area contributed by atoms with Gasteiger partial charge in [0.2, 0.25) is 0 Å². The van der Waals surface area contributed by atoms with Crippen molar-refractivity contribution in [3.05, 3.63) is 59.7 Å². The van der Waals surface area contributed by atoms with Gasteiger partial charge in [-0.1, -0.05) is 52.4 Å². The van der Waals surface area contributed by atoms with Crippen LogP contribution in [0.1, 0.15) is 85.9 Å². The van der Waals surface area contributed by atoms with E-state index in [-0.39, 0.29) is 11.8 Å². The van der Waals surface area contributed by atoms with E-state index in [2.05, 4.69) is 17.2 Å². The lowest BCUT2D eigenvalue weighted by Gasteiger charge is -2.05. The summed E-state index contributed by atoms with van der Waals surface area (Å²) in [5.41, 5.74) is 2.50. The molecule has 0 fully saturated rings. The summed E-state index contributed by atoms with van der Waals surface area (Å²) in [6.45, 7) is 4.51. The first-order valence-electron chi connectivity index (χ1n) is 11.0. The molecule has 160 valence electrons. The fraction of sp³-hybridized carbons (Fsp3) is 0.440. The summed E-state index contributed by atoms with van der Waals surface area (Å²) in [4.78, 5) is 23.8. The molecule has 0 aromatic heterocycles. The van der Waals surface area contributed by atoms with Crippen molar-refractivity contribution in [3.8, 4) is 0 Å². The van der Waals surface area contributed by atoms with E-state index in [1.54, 1.807) is 48.5 Å². The van der Waals surface area contributed by atoms with Crippen LogP contribution in [0.4, 0.5) is 11.4 Å². The number of hydrogen-bond acceptors (Lipinski definition) is 5. The number of hydrogen-bond donors (Lipinski definition) is 0. The van der Waals surface area contributed by atoms with E-state index >= 15 is 0 Å². The average molecular weight is 409 g/mol. The van der Waals surface area contributed by atoms with Crippen LogP contribution >= 0.6 is 0 Å². The number of benzene rings is 2. The number of nitrogens with zero attached hydrogens (tertiary/aromatic N) is 2. The molecule has 5 heteroatoms. The fourth-order valence-corrected chi connectivity index (χ4v) is 3.01. The number of rotatable bonds is 13. The Morgan fingerprint density at radius 2 is 1.20 bits per heavy atom. The van der Waals surface area contributed by atoms with Gasteiger partial charge in [-0.3, -0.25) is 4.79 Å². The standard InChI is InChI=1S/C25H32N2O3/c1-3-5-6-7-8-9-10-19-30-25(29)21-13-17-23(18-14-21)27-26-22-15-11-20(12-16-22)24(28)4-2/h11-18H,3-10,19H2,1-2H3. The minimum atomic E-state index is -0.305. The summed E-state index contributed by atoms with van der Waals surface area (Å²) in [5.74, 6) is -0.200. The van der Waals surface area contributed by atoms with Crippen molar-refractivity contribution in [1.29, 1.82) is 0 Å². The third kappa shape index (κ3) is 8.27. The Bertz CT molecular complexity index is 811. The minimum absolute atomic E-state index is 0.105. The van der Waals surface area contributed by atoms with E-state index in [0.717, 1.165) is 12.8 Å². The number of azo groups is 1. The van der Waals surface area contributed by atoms with E-state index in [0.29, 0.717) is 35.5 Å². The molecule has 0 aliphatic heterocycles. The lowest BCUT2D eigenvalue weighted by molar-refractivity contribution is 0.0497. The third-order valence-corrected chi connectivity index (χ3v) is 4.88. The van der Waals surface area contributed by atoms with Gasteiger partial charge in [-0.25, -0.2) is 4.79 Å². The molecule has 2 aromatic rings. The van der Waals surface area contributed by atoms with Crippen LogP contribution in [-0.2, 0) is 4.74 Å². The summed E-state index contributed by atoms with van der Waals surface area (Å²) in [6.07, 6.45) is 8.81. The average Bonchev–Trinajstić information content (AvgIpc) is 2.79. The van der Waals surface area contributed by atoms with Crippen LogP contribution in [0.2, 0.25) is 0 Å². The number of carbonyl (C=O) groups is 2. The van der Waals surface area contributed by atoms with Crippen LogP contribution in [0.5, 0.6) is 0 Å². The number of Topliss-reactive ketones (excluding diaryl/α,β-unsaturated/α-hetero) is 1. The number of esters is 1. The predicted molar refractivity (Wildman–Crippen MR) is 120 cm³/mol. The lowest BCUT2D eigenvalue weighted by Crippen LogP contribution is -2.06. The monoisotopic (exact) mass is 408 g/mol. The molecular formula is C25H32N2O3. The Labute approximate surface area is 179 Å². The third-order valence-electron chi connectivity index (χ3n) is 4.88. The second kappa shape index (κ2) is 13.4. The van der Waals surface area contributed by atoms with Crippen molar-refractivity contribution < 1.29 is 14.3 Å². The molecule has 0 saturated carbocycles. The molecule has 0 aliphatic rings. The predicted octanol–water partition coefficient (Wildman–Crippen LogP) is 7.60. The fourth-order valence-electron chi connectivity index (χ4n) is 3.01. The summed E-state index contributed by atoms with van der Waals surface area (Å²) < 4.78 is 5.34. The first kappa shape index (κ1) is 23.5. The first-order valence-corrected chi connectivity index (χ1v) is 11.0. The van der Waals surface area contributed by atoms with Crippen molar-refractivity contribution >= 4 is 23.1 Å². The van der Waals surface area contributed by atoms with Gasteiger partial charge >= 0.3 is 5.97 Å². The van der Waals surface area contributed by atoms with Gasteiger partial charge < -0.3 is 4.74 Å². The van der Waals surface area contributed by atoms with Crippen LogP contribution in [0.25, 0.3) is 0 Å². The zero-order valence-corrected chi connectivity index (χ0v) is 18.1. The quantitative estimate of drug-likeness (QED) is 0.148. The van der Waals surface area contributed by atoms with Gasteiger partial charge in [0.15, 0.2) is 5.78 Å². The van der Waals surface area contributed by atoms with Crippen LogP contribution < -0.4 is 0 Å². The summed E-state index contributed by atoms with van der Waals surface area (Å²) in [5, 5.41) is 8.35. The highest BCUT2D eigenvalue weighted by Gasteiger charge is 2.07. The summed E-state index contributed by atoms with van der Waals surface area (Å²) in [7, 11) is 0. The maximum absolute atomic E-state index is 12.1. The van der Waals surface area contributed by atoms with Crippen LogP contribution in [0, 0.1) is 0 Å². The second-order valence-corrected chi connectivity index (χ2v) is 7.33. The second-order valence-electron chi connectivity index (χ2n) is 7.33. The maximum Gasteiger partial charge on any atom is 0.338 e. The molecule has 2 aromatic carbocycles. The summed E-state index contributed by atoms with van der Waals surface area (Å²) in [6, 6.07) is 13.9. The largest absolute Gasteiger partial charge is 0.462 e. The molecule has 0 spiro atoms. The molecule has 0 bridgehead atoms. The van der Waals surface area contributed by atoms with Gasteiger partial charge in [-0.05, 0) is 55.0 Å². The smallest absolute Gasteiger partial charge is 0.338 e. The molecular weight excluding hydrogens is 376 g/mol. The highest BCUT2D eigenvalue weighted by Crippen LogP contribution is 2.20. The Morgan fingerprint density at radius 1 is 0.700 bits per heavy atom. The Morgan fingerprint density at radius 3 is 1.73 bits per heavy atom. The van der Waals surface area contributed by atoms with E-state index in [1.165, 1.54) is 32.1 Å². The number of ether oxygens (including phenoxy) is 1. The van der Waals surface area contributed by atoms with E-state index in [9.17, 15) is 9.59 Å². The van der Waals surface area contributed by atoms with E-state index in [4.69, 9.17) is 4.74 Å². The topological polar surface area (TPSA) is 68.1 Å². The molecule has 0 heterocycles. The zero-order valence-electron chi connectivity index (χ0n) is 18.1. The Hall–Kier alpha value is -2.82.